The number of amides is 1. The molecular weight excluding hydrogens is 431 g/mol. The maximum atomic E-state index is 10.0. The zero-order valence-electron chi connectivity index (χ0n) is 16.2. The second kappa shape index (κ2) is 12.8. The normalized spacial score (nSPS) is 11.2. The molecule has 150 valence electrons. The monoisotopic (exact) mass is 454 g/mol. The van der Waals surface area contributed by atoms with Crippen molar-refractivity contribution in [2.24, 2.45) is 0 Å². The number of carbonyl (C=O) groups excluding carboxylic acids is 1. The summed E-state index contributed by atoms with van der Waals surface area (Å²) in [5.41, 5.74) is 3.99. The minimum absolute atomic E-state index is 0.169. The second-order valence-electron chi connectivity index (χ2n) is 5.96. The summed E-state index contributed by atoms with van der Waals surface area (Å²) in [5.74, 6) is 1.01. The van der Waals surface area contributed by atoms with Gasteiger partial charge >= 0.3 is 0 Å². The first-order chi connectivity index (χ1) is 13.3. The third-order valence-corrected chi connectivity index (χ3v) is 5.91. The average molecular weight is 455 g/mol. The third kappa shape index (κ3) is 8.65. The molecule has 0 saturated heterocycles. The van der Waals surface area contributed by atoms with E-state index in [1.807, 2.05) is 11.8 Å². The van der Waals surface area contributed by atoms with E-state index in [0.717, 1.165) is 10.8 Å². The number of nitrogens with one attached hydrogen (secondary N) is 1. The van der Waals surface area contributed by atoms with E-state index in [2.05, 4.69) is 73.9 Å². The smallest absolute Gasteiger partial charge is 0.211 e. The minimum Gasteiger partial charge on any atom is -0.326 e. The molecule has 0 spiro atoms. The fraction of sp³-hybridized carbons (Fsp3) is 0.238. The Bertz CT molecular complexity index is 827. The molecule has 1 aromatic heterocycles. The molecule has 0 radical (unpaired) electrons. The van der Waals surface area contributed by atoms with E-state index in [-0.39, 0.29) is 15.8 Å². The summed E-state index contributed by atoms with van der Waals surface area (Å²) >= 11 is 14.8. The SMILES string of the molecule is C=C/C(Cl)=C(/NC=O)C(=C)Cl.Cc1ccc(-c2nc(CSC(C)C)cs2)cc1. The highest BCUT2D eigenvalue weighted by atomic mass is 35.5. The topological polar surface area (TPSA) is 42.0 Å². The van der Waals surface area contributed by atoms with E-state index < -0.39 is 0 Å². The first-order valence-electron chi connectivity index (χ1n) is 8.48. The number of rotatable bonds is 8. The van der Waals surface area contributed by atoms with E-state index >= 15 is 0 Å². The fourth-order valence-corrected chi connectivity index (χ4v) is 3.85. The lowest BCUT2D eigenvalue weighted by Crippen LogP contribution is -2.11. The lowest BCUT2D eigenvalue weighted by atomic mass is 10.2. The minimum atomic E-state index is 0.169. The van der Waals surface area contributed by atoms with E-state index in [1.165, 1.54) is 22.9 Å². The highest BCUT2D eigenvalue weighted by molar-refractivity contribution is 7.99. The Kier molecular flexibility index (Phi) is 11.2. The number of hydrogen-bond acceptors (Lipinski definition) is 4. The van der Waals surface area contributed by atoms with Crippen molar-refractivity contribution in [1.29, 1.82) is 0 Å². The van der Waals surface area contributed by atoms with Crippen LogP contribution in [0.25, 0.3) is 10.6 Å². The van der Waals surface area contributed by atoms with Crippen LogP contribution >= 0.6 is 46.3 Å². The lowest BCUT2D eigenvalue weighted by Gasteiger charge is -2.03. The molecule has 0 fully saturated rings. The standard InChI is InChI=1S/C14H17NS2.C7H7Cl2NO/c1-10(2)16-8-13-9-17-14(15-13)12-6-4-11(3)5-7-12;1-3-6(9)7(5(2)8)10-4-11/h4-7,9-10H,8H2,1-3H3;3-4H,1-2H2,(H,10,11)/b;7-6-. The van der Waals surface area contributed by atoms with Gasteiger partial charge in [0.15, 0.2) is 0 Å². The van der Waals surface area contributed by atoms with Crippen LogP contribution in [0.2, 0.25) is 0 Å². The summed E-state index contributed by atoms with van der Waals surface area (Å²) in [7, 11) is 0. The molecule has 0 atom stereocenters. The number of aryl methyl sites for hydroxylation is 1. The Morgan fingerprint density at radius 1 is 1.32 bits per heavy atom. The van der Waals surface area contributed by atoms with E-state index in [4.69, 9.17) is 23.2 Å². The van der Waals surface area contributed by atoms with E-state index in [0.29, 0.717) is 11.7 Å². The first kappa shape index (κ1) is 24.5. The molecule has 0 bridgehead atoms. The molecule has 2 rings (SSSR count). The van der Waals surface area contributed by atoms with Crippen LogP contribution in [-0.2, 0) is 10.5 Å². The Morgan fingerprint density at radius 3 is 2.46 bits per heavy atom. The molecule has 1 aromatic carbocycles. The van der Waals surface area contributed by atoms with Gasteiger partial charge in [0, 0.05) is 16.7 Å². The van der Waals surface area contributed by atoms with Gasteiger partial charge in [-0.05, 0) is 18.2 Å². The molecule has 7 heteroatoms. The van der Waals surface area contributed by atoms with Crippen molar-refractivity contribution < 1.29 is 4.79 Å². The van der Waals surface area contributed by atoms with Gasteiger partial charge in [-0.3, -0.25) is 4.79 Å². The van der Waals surface area contributed by atoms with E-state index in [1.54, 1.807) is 11.3 Å². The Labute approximate surface area is 185 Å². The second-order valence-corrected chi connectivity index (χ2v) is 9.25. The van der Waals surface area contributed by atoms with Gasteiger partial charge in [0.25, 0.3) is 0 Å². The lowest BCUT2D eigenvalue weighted by molar-refractivity contribution is -0.108. The highest BCUT2D eigenvalue weighted by Gasteiger charge is 2.05. The maximum Gasteiger partial charge on any atom is 0.211 e. The van der Waals surface area contributed by atoms with Crippen molar-refractivity contribution in [2.45, 2.75) is 31.8 Å². The molecule has 1 heterocycles. The summed E-state index contributed by atoms with van der Waals surface area (Å²) in [4.78, 5) is 14.7. The van der Waals surface area contributed by atoms with Crippen molar-refractivity contribution >= 4 is 52.7 Å². The average Bonchev–Trinajstić information content (AvgIpc) is 3.13. The molecule has 0 unspecified atom stereocenters. The maximum absolute atomic E-state index is 10.0. The predicted molar refractivity (Wildman–Crippen MR) is 126 cm³/mol. The van der Waals surface area contributed by atoms with E-state index in [9.17, 15) is 4.79 Å². The first-order valence-corrected chi connectivity index (χ1v) is 11.2. The van der Waals surface area contributed by atoms with Gasteiger partial charge in [0.1, 0.15) is 5.01 Å². The van der Waals surface area contributed by atoms with Crippen molar-refractivity contribution in [1.82, 2.24) is 10.3 Å². The van der Waals surface area contributed by atoms with Gasteiger partial charge in [-0.15, -0.1) is 11.3 Å². The van der Waals surface area contributed by atoms with Crippen molar-refractivity contribution in [3.63, 3.8) is 0 Å². The summed E-state index contributed by atoms with van der Waals surface area (Å²) in [5, 5.41) is 6.69. The van der Waals surface area contributed by atoms with Gasteiger partial charge < -0.3 is 5.32 Å². The quantitative estimate of drug-likeness (QED) is 0.348. The molecule has 0 saturated carbocycles. The van der Waals surface area contributed by atoms with Crippen LogP contribution in [-0.4, -0.2) is 16.6 Å². The summed E-state index contributed by atoms with van der Waals surface area (Å²) < 4.78 is 0. The van der Waals surface area contributed by atoms with Crippen molar-refractivity contribution in [3.8, 4) is 10.6 Å². The van der Waals surface area contributed by atoms with Crippen LogP contribution in [0.3, 0.4) is 0 Å². The molecular formula is C21H24Cl2N2OS2. The van der Waals surface area contributed by atoms with Crippen LogP contribution < -0.4 is 5.32 Å². The zero-order valence-corrected chi connectivity index (χ0v) is 19.3. The Hall–Kier alpha value is -1.53. The Morgan fingerprint density at radius 2 is 1.96 bits per heavy atom. The number of benzene rings is 1. The summed E-state index contributed by atoms with van der Waals surface area (Å²) in [6.45, 7) is 13.3. The molecule has 0 aliphatic heterocycles. The predicted octanol–water partition coefficient (Wildman–Crippen LogP) is 6.88. The molecule has 1 N–H and O–H groups in total. The fourth-order valence-electron chi connectivity index (χ4n) is 1.89. The number of halogens is 2. The van der Waals surface area contributed by atoms with Gasteiger partial charge in [0.05, 0.1) is 21.5 Å². The van der Waals surface area contributed by atoms with Crippen LogP contribution in [0.1, 0.15) is 25.1 Å². The molecule has 2 aromatic rings. The van der Waals surface area contributed by atoms with Crippen molar-refractivity contribution in [3.05, 3.63) is 75.9 Å². The summed E-state index contributed by atoms with van der Waals surface area (Å²) in [6.07, 6.45) is 1.83. The van der Waals surface area contributed by atoms with Gasteiger partial charge in [-0.1, -0.05) is 80.0 Å². The van der Waals surface area contributed by atoms with Gasteiger partial charge in [-0.2, -0.15) is 11.8 Å². The number of carbonyl (C=O) groups is 1. The van der Waals surface area contributed by atoms with Crippen LogP contribution in [0, 0.1) is 6.92 Å². The van der Waals surface area contributed by atoms with Crippen molar-refractivity contribution in [2.75, 3.05) is 0 Å². The molecule has 3 nitrogen and oxygen atoms in total. The summed E-state index contributed by atoms with van der Waals surface area (Å²) in [6, 6.07) is 8.57. The van der Waals surface area contributed by atoms with Crippen LogP contribution in [0.5, 0.6) is 0 Å². The highest BCUT2D eigenvalue weighted by Crippen LogP contribution is 2.26. The number of nitrogens with zero attached hydrogens (tertiary/aromatic N) is 1. The van der Waals surface area contributed by atoms with Gasteiger partial charge in [-0.25, -0.2) is 4.98 Å². The van der Waals surface area contributed by atoms with Gasteiger partial charge in [0.2, 0.25) is 6.41 Å². The number of aromatic nitrogens is 1. The zero-order chi connectivity index (χ0) is 21.1. The third-order valence-electron chi connectivity index (χ3n) is 3.31. The Balaban J connectivity index is 0.000000311. The number of thiazole rings is 1. The molecule has 28 heavy (non-hydrogen) atoms. The molecule has 1 amide bonds. The molecule has 0 aliphatic carbocycles. The van der Waals surface area contributed by atoms with Crippen LogP contribution in [0.4, 0.5) is 0 Å². The molecule has 0 aliphatic rings. The number of thioether (sulfide) groups is 1. The largest absolute Gasteiger partial charge is 0.326 e. The number of allylic oxidation sites excluding steroid dienone is 3. The number of hydrogen-bond donors (Lipinski definition) is 1. The van der Waals surface area contributed by atoms with Crippen LogP contribution in [0.15, 0.2) is 64.6 Å².